The lowest BCUT2D eigenvalue weighted by Gasteiger charge is -2.51. The van der Waals surface area contributed by atoms with Crippen LogP contribution in [0, 0.1) is 0 Å². The molecule has 68 valence electrons. The largest absolute Gasteiger partial charge is 0.465 e. The van der Waals surface area contributed by atoms with Crippen LogP contribution in [-0.4, -0.2) is 41.3 Å². The van der Waals surface area contributed by atoms with Crippen molar-refractivity contribution in [2.75, 3.05) is 19.6 Å². The van der Waals surface area contributed by atoms with Gasteiger partial charge in [-0.1, -0.05) is 6.42 Å². The number of hydrogen-bond acceptors (Lipinski definition) is 2. The Bertz CT molecular complexity index is 191. The van der Waals surface area contributed by atoms with Gasteiger partial charge in [-0.2, -0.15) is 0 Å². The molecule has 2 N–H and O–H groups in total. The normalized spacial score (nSPS) is 26.8. The second-order valence-corrected chi connectivity index (χ2v) is 3.80. The van der Waals surface area contributed by atoms with E-state index in [1.807, 2.05) is 0 Å². The van der Waals surface area contributed by atoms with Crippen LogP contribution in [0.1, 0.15) is 19.3 Å². The van der Waals surface area contributed by atoms with E-state index in [1.165, 1.54) is 17.7 Å². The van der Waals surface area contributed by atoms with Gasteiger partial charge in [0.1, 0.15) is 0 Å². The summed E-state index contributed by atoms with van der Waals surface area (Å²) in [5.74, 6) is 0. The van der Waals surface area contributed by atoms with Crippen molar-refractivity contribution in [3.8, 4) is 0 Å². The molecule has 2 saturated heterocycles. The third-order valence-electron chi connectivity index (χ3n) is 2.84. The van der Waals surface area contributed by atoms with Crippen molar-refractivity contribution in [3.63, 3.8) is 0 Å². The van der Waals surface area contributed by atoms with Crippen LogP contribution in [0.25, 0.3) is 0 Å². The Labute approximate surface area is 71.5 Å². The van der Waals surface area contributed by atoms with Crippen LogP contribution < -0.4 is 5.32 Å². The van der Waals surface area contributed by atoms with Crippen molar-refractivity contribution in [1.29, 1.82) is 0 Å². The molecule has 0 radical (unpaired) electrons. The Kier molecular flexibility index (Phi) is 1.72. The predicted octanol–water partition coefficient (Wildman–Crippen LogP) is 0.492. The zero-order valence-corrected chi connectivity index (χ0v) is 7.05. The zero-order valence-electron chi connectivity index (χ0n) is 7.05. The molecule has 4 nitrogen and oxygen atoms in total. The van der Waals surface area contributed by atoms with E-state index >= 15 is 0 Å². The number of piperidine rings is 1. The van der Waals surface area contributed by atoms with E-state index in [4.69, 9.17) is 5.11 Å². The number of nitrogens with zero attached hydrogens (tertiary/aromatic N) is 1. The Morgan fingerprint density at radius 1 is 1.42 bits per heavy atom. The SMILES string of the molecule is O=C(O)N1CC2(CCCCN2)C1. The Balaban J connectivity index is 1.88. The number of carbonyl (C=O) groups is 1. The first-order chi connectivity index (χ1) is 5.72. The lowest BCUT2D eigenvalue weighted by atomic mass is 9.82. The van der Waals surface area contributed by atoms with E-state index in [9.17, 15) is 4.79 Å². The van der Waals surface area contributed by atoms with Crippen molar-refractivity contribution < 1.29 is 9.90 Å². The molecule has 0 aromatic heterocycles. The van der Waals surface area contributed by atoms with Crippen LogP contribution in [0.5, 0.6) is 0 Å². The molecule has 2 aliphatic heterocycles. The van der Waals surface area contributed by atoms with E-state index in [1.54, 1.807) is 0 Å². The van der Waals surface area contributed by atoms with Crippen molar-refractivity contribution in [1.82, 2.24) is 10.2 Å². The van der Waals surface area contributed by atoms with Gasteiger partial charge in [-0.3, -0.25) is 0 Å². The molecule has 0 aliphatic carbocycles. The lowest BCUT2D eigenvalue weighted by molar-refractivity contribution is 0.0276. The molecule has 2 aliphatic rings. The quantitative estimate of drug-likeness (QED) is 0.556. The fourth-order valence-electron chi connectivity index (χ4n) is 2.12. The summed E-state index contributed by atoms with van der Waals surface area (Å²) in [6.45, 7) is 2.41. The minimum atomic E-state index is -0.784. The average molecular weight is 170 g/mol. The van der Waals surface area contributed by atoms with Gasteiger partial charge >= 0.3 is 6.09 Å². The second-order valence-electron chi connectivity index (χ2n) is 3.80. The first-order valence-electron chi connectivity index (χ1n) is 4.45. The topological polar surface area (TPSA) is 52.6 Å². The highest BCUT2D eigenvalue weighted by Gasteiger charge is 2.45. The maximum absolute atomic E-state index is 10.5. The van der Waals surface area contributed by atoms with Crippen LogP contribution in [0.3, 0.4) is 0 Å². The number of rotatable bonds is 0. The summed E-state index contributed by atoms with van der Waals surface area (Å²) in [4.78, 5) is 12.0. The smallest absolute Gasteiger partial charge is 0.407 e. The molecule has 0 aromatic rings. The third kappa shape index (κ3) is 1.16. The maximum atomic E-state index is 10.5. The fourth-order valence-corrected chi connectivity index (χ4v) is 2.12. The minimum Gasteiger partial charge on any atom is -0.465 e. The summed E-state index contributed by atoms with van der Waals surface area (Å²) >= 11 is 0. The number of amides is 1. The highest BCUT2D eigenvalue weighted by Crippen LogP contribution is 2.29. The average Bonchev–Trinajstić information content (AvgIpc) is 2.01. The molecule has 2 fully saturated rings. The van der Waals surface area contributed by atoms with Gasteiger partial charge in [-0.15, -0.1) is 0 Å². The zero-order chi connectivity index (χ0) is 8.60. The number of carboxylic acid groups (broad SMARTS) is 1. The molecule has 0 saturated carbocycles. The molecular weight excluding hydrogens is 156 g/mol. The van der Waals surface area contributed by atoms with Gasteiger partial charge in [-0.05, 0) is 19.4 Å². The van der Waals surface area contributed by atoms with E-state index in [2.05, 4.69) is 5.32 Å². The standard InChI is InChI=1S/C8H14N2O2/c11-7(12)10-5-8(6-10)3-1-2-4-9-8/h9H,1-6H2,(H,11,12). The molecule has 1 spiro atoms. The minimum absolute atomic E-state index is 0.149. The first kappa shape index (κ1) is 7.86. The van der Waals surface area contributed by atoms with E-state index < -0.39 is 6.09 Å². The monoisotopic (exact) mass is 170 g/mol. The Morgan fingerprint density at radius 2 is 2.17 bits per heavy atom. The number of nitrogens with one attached hydrogen (secondary N) is 1. The molecule has 12 heavy (non-hydrogen) atoms. The fraction of sp³-hybridized carbons (Fsp3) is 0.875. The third-order valence-corrected chi connectivity index (χ3v) is 2.84. The van der Waals surface area contributed by atoms with Crippen LogP contribution >= 0.6 is 0 Å². The van der Waals surface area contributed by atoms with Gasteiger partial charge in [0.05, 0.1) is 5.54 Å². The van der Waals surface area contributed by atoms with E-state index in [0.29, 0.717) is 13.1 Å². The van der Waals surface area contributed by atoms with Crippen molar-refractivity contribution in [2.24, 2.45) is 0 Å². The summed E-state index contributed by atoms with van der Waals surface area (Å²) in [6.07, 6.45) is 2.82. The summed E-state index contributed by atoms with van der Waals surface area (Å²) in [6, 6.07) is 0. The van der Waals surface area contributed by atoms with Crippen LogP contribution in [0.15, 0.2) is 0 Å². The van der Waals surface area contributed by atoms with Gasteiger partial charge in [0.15, 0.2) is 0 Å². The lowest BCUT2D eigenvalue weighted by Crippen LogP contribution is -2.71. The van der Waals surface area contributed by atoms with E-state index in [-0.39, 0.29) is 5.54 Å². The highest BCUT2D eigenvalue weighted by atomic mass is 16.4. The highest BCUT2D eigenvalue weighted by molar-refractivity contribution is 5.66. The first-order valence-corrected chi connectivity index (χ1v) is 4.45. The molecule has 0 atom stereocenters. The molecule has 0 bridgehead atoms. The number of hydrogen-bond donors (Lipinski definition) is 2. The van der Waals surface area contributed by atoms with Crippen molar-refractivity contribution >= 4 is 6.09 Å². The predicted molar refractivity (Wildman–Crippen MR) is 44.2 cm³/mol. The molecular formula is C8H14N2O2. The van der Waals surface area contributed by atoms with Crippen molar-refractivity contribution in [3.05, 3.63) is 0 Å². The number of likely N-dealkylation sites (tertiary alicyclic amines) is 1. The molecule has 4 heteroatoms. The summed E-state index contributed by atoms with van der Waals surface area (Å²) in [7, 11) is 0. The molecule has 1 amide bonds. The van der Waals surface area contributed by atoms with Crippen LogP contribution in [0.4, 0.5) is 4.79 Å². The summed E-state index contributed by atoms with van der Waals surface area (Å²) < 4.78 is 0. The molecule has 0 aromatic carbocycles. The molecule has 2 heterocycles. The summed E-state index contributed by atoms with van der Waals surface area (Å²) in [5.41, 5.74) is 0.149. The Morgan fingerprint density at radius 3 is 2.67 bits per heavy atom. The van der Waals surface area contributed by atoms with Gasteiger partial charge in [0, 0.05) is 13.1 Å². The summed E-state index contributed by atoms with van der Waals surface area (Å²) in [5, 5.41) is 12.1. The molecule has 0 unspecified atom stereocenters. The van der Waals surface area contributed by atoms with Crippen molar-refractivity contribution in [2.45, 2.75) is 24.8 Å². The van der Waals surface area contributed by atoms with Gasteiger partial charge in [-0.25, -0.2) is 4.79 Å². The Hall–Kier alpha value is -0.770. The van der Waals surface area contributed by atoms with E-state index in [0.717, 1.165) is 13.0 Å². The van der Waals surface area contributed by atoms with Gasteiger partial charge in [0.2, 0.25) is 0 Å². The van der Waals surface area contributed by atoms with Gasteiger partial charge in [0.25, 0.3) is 0 Å². The second kappa shape index (κ2) is 2.62. The maximum Gasteiger partial charge on any atom is 0.407 e. The van der Waals surface area contributed by atoms with Crippen LogP contribution in [-0.2, 0) is 0 Å². The molecule has 2 rings (SSSR count). The van der Waals surface area contributed by atoms with Gasteiger partial charge < -0.3 is 15.3 Å². The van der Waals surface area contributed by atoms with Crippen LogP contribution in [0.2, 0.25) is 0 Å².